The highest BCUT2D eigenvalue weighted by Crippen LogP contribution is 2.25. The van der Waals surface area contributed by atoms with E-state index in [1.165, 1.54) is 0 Å². The molecule has 0 saturated carbocycles. The minimum atomic E-state index is -1.19. The largest absolute Gasteiger partial charge is 0.508 e. The van der Waals surface area contributed by atoms with Gasteiger partial charge < -0.3 is 26.0 Å². The number of halogens is 1. The number of benzene rings is 2. The number of carbonyl (C=O) groups excluding carboxylic acids is 2. The molecule has 0 bridgehead atoms. The topological polar surface area (TPSA) is 149 Å². The highest BCUT2D eigenvalue weighted by atomic mass is 35.5. The van der Waals surface area contributed by atoms with E-state index in [-0.39, 0.29) is 17.0 Å². The van der Waals surface area contributed by atoms with Gasteiger partial charge in [-0.05, 0) is 43.2 Å². The summed E-state index contributed by atoms with van der Waals surface area (Å²) in [6.07, 6.45) is 1.17. The van der Waals surface area contributed by atoms with Crippen LogP contribution in [0.3, 0.4) is 0 Å². The summed E-state index contributed by atoms with van der Waals surface area (Å²) in [5.41, 5.74) is 1.99. The first-order valence-electron chi connectivity index (χ1n) is 10.1. The van der Waals surface area contributed by atoms with E-state index in [2.05, 4.69) is 15.6 Å². The van der Waals surface area contributed by atoms with Gasteiger partial charge in [0.1, 0.15) is 11.8 Å². The van der Waals surface area contributed by atoms with Gasteiger partial charge in [0.15, 0.2) is 4.88 Å². The molecule has 2 amide bonds. The maximum absolute atomic E-state index is 12.2. The first-order valence-corrected chi connectivity index (χ1v) is 11.3. The Bertz CT molecular complexity index is 1130. The Morgan fingerprint density at radius 3 is 2.35 bits per heavy atom. The molecule has 9 nitrogen and oxygen atoms in total. The summed E-state index contributed by atoms with van der Waals surface area (Å²) in [5.74, 6) is -2.01. The zero-order chi connectivity index (χ0) is 25.3. The van der Waals surface area contributed by atoms with Crippen molar-refractivity contribution in [3.63, 3.8) is 0 Å². The standard InChI is InChI=1S/C16H17N3O5S.C7H7ClO/c1-2-12-19-15(22)13(25-12)14(21)18-11(16(23)24)7-9-3-5-10(6-4-9)17-8-20;1-5-6(8)3-2-4-7(5)9/h3-6,8,11,22H,2,7H2,1H3,(H,17,20)(H,18,21)(H,23,24);2-4,9H,1H3. The first-order chi connectivity index (χ1) is 16.2. The zero-order valence-corrected chi connectivity index (χ0v) is 20.0. The van der Waals surface area contributed by atoms with Crippen molar-refractivity contribution in [3.05, 3.63) is 68.5 Å². The predicted molar refractivity (Wildman–Crippen MR) is 130 cm³/mol. The van der Waals surface area contributed by atoms with Gasteiger partial charge in [0.2, 0.25) is 12.3 Å². The summed E-state index contributed by atoms with van der Waals surface area (Å²) < 4.78 is 0. The molecule has 0 saturated heterocycles. The van der Waals surface area contributed by atoms with Crippen LogP contribution in [0.25, 0.3) is 0 Å². The molecule has 1 unspecified atom stereocenters. The van der Waals surface area contributed by atoms with E-state index in [0.717, 1.165) is 16.9 Å². The number of carboxylic acid groups (broad SMARTS) is 1. The van der Waals surface area contributed by atoms with Crippen LogP contribution in [0.4, 0.5) is 5.69 Å². The number of carboxylic acids is 1. The molecule has 34 heavy (non-hydrogen) atoms. The second-order valence-electron chi connectivity index (χ2n) is 7.03. The number of anilines is 1. The lowest BCUT2D eigenvalue weighted by Gasteiger charge is -2.14. The molecule has 1 atom stereocenters. The molecule has 0 aliphatic carbocycles. The Labute approximate surface area is 205 Å². The number of phenolic OH excluding ortho intramolecular Hbond substituents is 1. The molecular weight excluding hydrogens is 482 g/mol. The highest BCUT2D eigenvalue weighted by Gasteiger charge is 2.24. The number of hydrogen-bond acceptors (Lipinski definition) is 7. The number of aromatic nitrogens is 1. The third-order valence-corrected chi connectivity index (χ3v) is 6.22. The van der Waals surface area contributed by atoms with E-state index in [9.17, 15) is 24.6 Å². The minimum absolute atomic E-state index is 0.00590. The van der Waals surface area contributed by atoms with Crippen LogP contribution in [0.5, 0.6) is 11.6 Å². The maximum Gasteiger partial charge on any atom is 0.326 e. The van der Waals surface area contributed by atoms with E-state index in [0.29, 0.717) is 34.1 Å². The summed E-state index contributed by atoms with van der Waals surface area (Å²) in [7, 11) is 0. The monoisotopic (exact) mass is 505 g/mol. The van der Waals surface area contributed by atoms with Gasteiger partial charge in [-0.25, -0.2) is 9.78 Å². The lowest BCUT2D eigenvalue weighted by Crippen LogP contribution is -2.42. The van der Waals surface area contributed by atoms with Gasteiger partial charge in [0, 0.05) is 22.7 Å². The van der Waals surface area contributed by atoms with Crippen LogP contribution in [0.2, 0.25) is 5.02 Å². The number of aliphatic carboxylic acids is 1. The van der Waals surface area contributed by atoms with Crippen molar-refractivity contribution in [2.45, 2.75) is 32.7 Å². The molecule has 3 aromatic rings. The fraction of sp³-hybridized carbons (Fsp3) is 0.217. The number of hydrogen-bond donors (Lipinski definition) is 5. The van der Waals surface area contributed by atoms with Gasteiger partial charge in [0.25, 0.3) is 5.91 Å². The number of nitrogens with one attached hydrogen (secondary N) is 2. The van der Waals surface area contributed by atoms with E-state index >= 15 is 0 Å². The number of phenols is 1. The third kappa shape index (κ3) is 7.46. The summed E-state index contributed by atoms with van der Waals surface area (Å²) >= 11 is 6.68. The number of thiazole rings is 1. The molecule has 0 fully saturated rings. The third-order valence-electron chi connectivity index (χ3n) is 4.62. The average Bonchev–Trinajstić information content (AvgIpc) is 3.19. The predicted octanol–water partition coefficient (Wildman–Crippen LogP) is 3.76. The van der Waals surface area contributed by atoms with E-state index in [4.69, 9.17) is 16.7 Å². The summed E-state index contributed by atoms with van der Waals surface area (Å²) in [4.78, 5) is 37.9. The van der Waals surface area contributed by atoms with Gasteiger partial charge >= 0.3 is 5.97 Å². The van der Waals surface area contributed by atoms with Crippen LogP contribution in [0, 0.1) is 6.92 Å². The zero-order valence-electron chi connectivity index (χ0n) is 18.4. The number of carbonyl (C=O) groups is 3. The Morgan fingerprint density at radius 2 is 1.85 bits per heavy atom. The van der Waals surface area contributed by atoms with Gasteiger partial charge in [-0.2, -0.15) is 0 Å². The van der Waals surface area contributed by atoms with Crippen LogP contribution < -0.4 is 10.6 Å². The summed E-state index contributed by atoms with van der Waals surface area (Å²) in [6.45, 7) is 3.61. The van der Waals surface area contributed by atoms with Gasteiger partial charge in [-0.1, -0.05) is 36.7 Å². The van der Waals surface area contributed by atoms with Crippen LogP contribution in [0.15, 0.2) is 42.5 Å². The first kappa shape index (κ1) is 26.6. The van der Waals surface area contributed by atoms with Crippen LogP contribution in [0.1, 0.15) is 32.7 Å². The molecule has 1 heterocycles. The normalized spacial score (nSPS) is 11.0. The maximum atomic E-state index is 12.2. The smallest absolute Gasteiger partial charge is 0.326 e. The molecule has 11 heteroatoms. The minimum Gasteiger partial charge on any atom is -0.508 e. The van der Waals surface area contributed by atoms with Crippen LogP contribution in [-0.4, -0.2) is 44.6 Å². The van der Waals surface area contributed by atoms with Crippen LogP contribution >= 0.6 is 22.9 Å². The Kier molecular flexibility index (Phi) is 9.84. The van der Waals surface area contributed by atoms with Crippen molar-refractivity contribution >= 4 is 46.9 Å². The quantitative estimate of drug-likeness (QED) is 0.292. The van der Waals surface area contributed by atoms with Crippen molar-refractivity contribution in [2.75, 3.05) is 5.32 Å². The SMILES string of the molecule is CCc1nc(O)c(C(=O)NC(Cc2ccc(NC=O)cc2)C(=O)O)s1.Cc1c(O)cccc1Cl. The Morgan fingerprint density at radius 1 is 1.18 bits per heavy atom. The average molecular weight is 506 g/mol. The van der Waals surface area contributed by atoms with Crippen LogP contribution in [-0.2, 0) is 22.4 Å². The van der Waals surface area contributed by atoms with Crippen molar-refractivity contribution in [1.29, 1.82) is 0 Å². The van der Waals surface area contributed by atoms with Gasteiger partial charge in [-0.3, -0.25) is 9.59 Å². The number of aryl methyl sites for hydroxylation is 1. The Hall–Kier alpha value is -3.63. The molecule has 3 rings (SSSR count). The molecule has 0 radical (unpaired) electrons. The lowest BCUT2D eigenvalue weighted by molar-refractivity contribution is -0.139. The molecule has 5 N–H and O–H groups in total. The highest BCUT2D eigenvalue weighted by molar-refractivity contribution is 7.14. The van der Waals surface area contributed by atoms with Gasteiger partial charge in [-0.15, -0.1) is 11.3 Å². The molecule has 0 aliphatic heterocycles. The number of rotatable bonds is 8. The second-order valence-corrected chi connectivity index (χ2v) is 8.52. The number of aromatic hydroxyl groups is 2. The summed E-state index contributed by atoms with van der Waals surface area (Å²) in [5, 5.41) is 34.1. The van der Waals surface area contributed by atoms with Crippen molar-refractivity contribution in [3.8, 4) is 11.6 Å². The molecule has 180 valence electrons. The van der Waals surface area contributed by atoms with E-state index in [1.54, 1.807) is 49.4 Å². The molecule has 0 aliphatic rings. The second kappa shape index (κ2) is 12.6. The van der Waals surface area contributed by atoms with E-state index < -0.39 is 23.8 Å². The number of amides is 2. The lowest BCUT2D eigenvalue weighted by atomic mass is 10.1. The Balaban J connectivity index is 0.000000379. The van der Waals surface area contributed by atoms with Gasteiger partial charge in [0.05, 0.1) is 5.01 Å². The van der Waals surface area contributed by atoms with E-state index in [1.807, 2.05) is 6.92 Å². The fourth-order valence-electron chi connectivity index (χ4n) is 2.72. The molecule has 0 spiro atoms. The molecule has 2 aromatic carbocycles. The molecular formula is C23H24ClN3O6S. The van der Waals surface area contributed by atoms with Crippen molar-refractivity contribution < 1.29 is 29.7 Å². The molecule has 1 aromatic heterocycles. The van der Waals surface area contributed by atoms with Crippen molar-refractivity contribution in [2.24, 2.45) is 0 Å². The van der Waals surface area contributed by atoms with Crippen molar-refractivity contribution in [1.82, 2.24) is 10.3 Å². The summed E-state index contributed by atoms with van der Waals surface area (Å²) in [6, 6.07) is 10.5. The fourth-order valence-corrected chi connectivity index (χ4v) is 3.69. The number of nitrogens with zero attached hydrogens (tertiary/aromatic N) is 1.